The van der Waals surface area contributed by atoms with Crippen molar-refractivity contribution in [3.05, 3.63) is 0 Å². The van der Waals surface area contributed by atoms with Crippen molar-refractivity contribution in [3.8, 4) is 0 Å². The molecule has 4 aliphatic carbocycles. The molecule has 4 bridgehead atoms. The number of aliphatic carboxylic acids is 1. The van der Waals surface area contributed by atoms with Crippen molar-refractivity contribution in [2.24, 2.45) is 40.9 Å². The molecular formula is C17H28O2. The molecule has 4 aliphatic rings. The molecule has 0 heterocycles. The Balaban J connectivity index is 1.80. The smallest absolute Gasteiger partial charge is 0.303 e. The molecule has 0 aromatic carbocycles. The molecule has 108 valence electrons. The lowest BCUT2D eigenvalue weighted by Gasteiger charge is -2.63. The van der Waals surface area contributed by atoms with Crippen LogP contribution in [0.15, 0.2) is 0 Å². The van der Waals surface area contributed by atoms with Gasteiger partial charge in [0, 0.05) is 6.42 Å². The van der Waals surface area contributed by atoms with Crippen LogP contribution >= 0.6 is 0 Å². The summed E-state index contributed by atoms with van der Waals surface area (Å²) in [6, 6.07) is 0. The van der Waals surface area contributed by atoms with E-state index in [1.165, 1.54) is 32.1 Å². The number of carboxylic acid groups (broad SMARTS) is 1. The monoisotopic (exact) mass is 264 g/mol. The zero-order chi connectivity index (χ0) is 13.8. The lowest BCUT2D eigenvalue weighted by atomic mass is 9.42. The van der Waals surface area contributed by atoms with E-state index in [2.05, 4.69) is 20.8 Å². The van der Waals surface area contributed by atoms with Crippen molar-refractivity contribution in [2.45, 2.75) is 59.3 Å². The summed E-state index contributed by atoms with van der Waals surface area (Å²) in [4.78, 5) is 11.0. The maximum Gasteiger partial charge on any atom is 0.303 e. The Kier molecular flexibility index (Phi) is 3.18. The number of hydrogen-bond acceptors (Lipinski definition) is 1. The summed E-state index contributed by atoms with van der Waals surface area (Å²) in [5, 5.41) is 9.08. The van der Waals surface area contributed by atoms with Gasteiger partial charge in [0.1, 0.15) is 0 Å². The van der Waals surface area contributed by atoms with E-state index in [0.29, 0.717) is 23.7 Å². The lowest BCUT2D eigenvalue weighted by molar-refractivity contribution is -0.146. The number of hydrogen-bond donors (Lipinski definition) is 1. The Bertz CT molecular complexity index is 357. The molecule has 3 unspecified atom stereocenters. The Morgan fingerprint density at radius 1 is 1.16 bits per heavy atom. The zero-order valence-electron chi connectivity index (χ0n) is 12.6. The van der Waals surface area contributed by atoms with Gasteiger partial charge in [0.05, 0.1) is 0 Å². The molecule has 0 aromatic rings. The minimum atomic E-state index is -0.611. The summed E-state index contributed by atoms with van der Waals surface area (Å²) in [5.41, 5.74) is 0.607. The van der Waals surface area contributed by atoms with Gasteiger partial charge < -0.3 is 5.11 Å². The van der Waals surface area contributed by atoms with E-state index in [1.54, 1.807) is 0 Å². The van der Waals surface area contributed by atoms with Gasteiger partial charge in [-0.15, -0.1) is 0 Å². The highest BCUT2D eigenvalue weighted by Gasteiger charge is 2.56. The van der Waals surface area contributed by atoms with Crippen molar-refractivity contribution in [1.82, 2.24) is 0 Å². The van der Waals surface area contributed by atoms with E-state index in [-0.39, 0.29) is 0 Å². The van der Waals surface area contributed by atoms with E-state index in [1.807, 2.05) is 0 Å². The molecule has 4 rings (SSSR count). The molecular weight excluding hydrogens is 236 g/mol. The van der Waals surface area contributed by atoms with Gasteiger partial charge in [0.2, 0.25) is 0 Å². The summed E-state index contributed by atoms with van der Waals surface area (Å²) in [6.45, 7) is 6.99. The fourth-order valence-electron chi connectivity index (χ4n) is 6.17. The highest BCUT2D eigenvalue weighted by atomic mass is 16.4. The first-order valence-electron chi connectivity index (χ1n) is 8.13. The van der Waals surface area contributed by atoms with Gasteiger partial charge in [-0.25, -0.2) is 0 Å². The van der Waals surface area contributed by atoms with Crippen molar-refractivity contribution < 1.29 is 9.90 Å². The second kappa shape index (κ2) is 4.49. The van der Waals surface area contributed by atoms with Crippen LogP contribution in [0.4, 0.5) is 0 Å². The Morgan fingerprint density at radius 3 is 2.21 bits per heavy atom. The molecule has 4 saturated carbocycles. The Labute approximate surface area is 117 Å². The summed E-state index contributed by atoms with van der Waals surface area (Å²) in [7, 11) is 0. The van der Waals surface area contributed by atoms with Crippen molar-refractivity contribution in [2.75, 3.05) is 0 Å². The SMILES string of the molecule is CC(CC(=O)O)C1C2CC3CC1CC(C(C)C)(C3)C2. The van der Waals surface area contributed by atoms with Gasteiger partial charge in [0.25, 0.3) is 0 Å². The maximum absolute atomic E-state index is 11.0. The highest BCUT2D eigenvalue weighted by Crippen LogP contribution is 2.65. The third kappa shape index (κ3) is 2.11. The van der Waals surface area contributed by atoms with Crippen LogP contribution in [0.5, 0.6) is 0 Å². The number of rotatable bonds is 4. The van der Waals surface area contributed by atoms with Gasteiger partial charge in [-0.2, -0.15) is 0 Å². The molecule has 2 nitrogen and oxygen atoms in total. The molecule has 19 heavy (non-hydrogen) atoms. The van der Waals surface area contributed by atoms with Gasteiger partial charge in [0.15, 0.2) is 0 Å². The number of carboxylic acids is 1. The largest absolute Gasteiger partial charge is 0.481 e. The first-order valence-corrected chi connectivity index (χ1v) is 8.13. The standard InChI is InChI=1S/C17H28O2/c1-10(2)17-7-12-5-13(8-17)16(14(6-12)9-17)11(3)4-15(18)19/h10-14,16H,4-9H2,1-3H3,(H,18,19). The lowest BCUT2D eigenvalue weighted by Crippen LogP contribution is -2.54. The first kappa shape index (κ1) is 13.5. The minimum absolute atomic E-state index is 0.372. The molecule has 4 fully saturated rings. The predicted octanol–water partition coefficient (Wildman–Crippen LogP) is 4.20. The molecule has 0 aromatic heterocycles. The fourth-order valence-corrected chi connectivity index (χ4v) is 6.17. The van der Waals surface area contributed by atoms with Crippen LogP contribution in [-0.4, -0.2) is 11.1 Å². The highest BCUT2D eigenvalue weighted by molar-refractivity contribution is 5.67. The van der Waals surface area contributed by atoms with E-state index >= 15 is 0 Å². The van der Waals surface area contributed by atoms with E-state index in [9.17, 15) is 4.79 Å². The van der Waals surface area contributed by atoms with Crippen molar-refractivity contribution in [3.63, 3.8) is 0 Å². The van der Waals surface area contributed by atoms with E-state index < -0.39 is 5.97 Å². The average Bonchev–Trinajstić information content (AvgIpc) is 2.25. The van der Waals surface area contributed by atoms with Crippen LogP contribution in [0.1, 0.15) is 59.3 Å². The van der Waals surface area contributed by atoms with Crippen LogP contribution < -0.4 is 0 Å². The van der Waals surface area contributed by atoms with Crippen LogP contribution in [0.2, 0.25) is 0 Å². The topological polar surface area (TPSA) is 37.3 Å². The fraction of sp³-hybridized carbons (Fsp3) is 0.941. The summed E-state index contributed by atoms with van der Waals surface area (Å²) in [6.07, 6.45) is 7.37. The third-order valence-corrected chi connectivity index (χ3v) is 6.77. The quantitative estimate of drug-likeness (QED) is 0.826. The minimum Gasteiger partial charge on any atom is -0.481 e. The van der Waals surface area contributed by atoms with Gasteiger partial charge in [-0.05, 0) is 73.0 Å². The normalized spacial score (nSPS) is 45.7. The summed E-state index contributed by atoms with van der Waals surface area (Å²) < 4.78 is 0. The van der Waals surface area contributed by atoms with Gasteiger partial charge in [-0.1, -0.05) is 20.8 Å². The Morgan fingerprint density at radius 2 is 1.74 bits per heavy atom. The molecule has 0 radical (unpaired) electrons. The average molecular weight is 264 g/mol. The first-order chi connectivity index (χ1) is 8.91. The van der Waals surface area contributed by atoms with Gasteiger partial charge in [-0.3, -0.25) is 4.79 Å². The second-order valence-electron chi connectivity index (χ2n) is 8.14. The van der Waals surface area contributed by atoms with Crippen LogP contribution in [0.3, 0.4) is 0 Å². The predicted molar refractivity (Wildman–Crippen MR) is 75.7 cm³/mol. The zero-order valence-corrected chi connectivity index (χ0v) is 12.6. The summed E-state index contributed by atoms with van der Waals surface area (Å²) >= 11 is 0. The molecule has 0 amide bonds. The van der Waals surface area contributed by atoms with E-state index in [4.69, 9.17) is 5.11 Å². The van der Waals surface area contributed by atoms with Crippen molar-refractivity contribution in [1.29, 1.82) is 0 Å². The molecule has 2 heteroatoms. The van der Waals surface area contributed by atoms with Crippen LogP contribution in [0, 0.1) is 40.9 Å². The molecule has 1 N–H and O–H groups in total. The summed E-state index contributed by atoms with van der Waals surface area (Å²) in [5.74, 6) is 3.85. The third-order valence-electron chi connectivity index (χ3n) is 6.77. The van der Waals surface area contributed by atoms with Crippen molar-refractivity contribution >= 4 is 5.97 Å². The van der Waals surface area contributed by atoms with Gasteiger partial charge >= 0.3 is 5.97 Å². The molecule has 3 atom stereocenters. The van der Waals surface area contributed by atoms with Crippen LogP contribution in [0.25, 0.3) is 0 Å². The number of carbonyl (C=O) groups is 1. The molecule has 0 spiro atoms. The maximum atomic E-state index is 11.0. The van der Waals surface area contributed by atoms with E-state index in [0.717, 1.165) is 23.7 Å². The second-order valence-corrected chi connectivity index (χ2v) is 8.14. The Hall–Kier alpha value is -0.530. The van der Waals surface area contributed by atoms with Crippen LogP contribution in [-0.2, 0) is 4.79 Å². The molecule has 0 aliphatic heterocycles. The molecule has 0 saturated heterocycles.